The zero-order valence-corrected chi connectivity index (χ0v) is 23.3. The Morgan fingerprint density at radius 3 is 2.41 bits per heavy atom. The van der Waals surface area contributed by atoms with Crippen LogP contribution in [-0.4, -0.2) is 59.0 Å². The van der Waals surface area contributed by atoms with Crippen molar-refractivity contribution >= 4 is 57.1 Å². The van der Waals surface area contributed by atoms with Crippen LogP contribution in [0.3, 0.4) is 0 Å². The molecule has 39 heavy (non-hydrogen) atoms. The van der Waals surface area contributed by atoms with Crippen molar-refractivity contribution in [1.29, 1.82) is 0 Å². The number of phenolic OH excluding ortho intramolecular Hbond substituents is 1. The van der Waals surface area contributed by atoms with Crippen molar-refractivity contribution in [2.45, 2.75) is 25.3 Å². The van der Waals surface area contributed by atoms with Gasteiger partial charge in [0.2, 0.25) is 0 Å². The Hall–Kier alpha value is -3.39. The van der Waals surface area contributed by atoms with Crippen LogP contribution in [0.4, 0.5) is 17.2 Å². The molecule has 2 fully saturated rings. The highest BCUT2D eigenvalue weighted by atomic mass is 35.5. The number of nitrogens with one attached hydrogen (secondary N) is 1. The number of halogens is 2. The van der Waals surface area contributed by atoms with Crippen molar-refractivity contribution in [2.75, 3.05) is 37.4 Å². The number of ketones is 1. The number of aromatic nitrogens is 2. The SMILES string of the molecule is CN(C)C1CCN(c2ccc(Nc3c(C(=O)C4CC4)cnc4ccc(-c5cc(Cl)c(O)c(Cl)c5)cc34)cn2)C1. The Labute approximate surface area is 237 Å². The minimum absolute atomic E-state index is 0.0444. The van der Waals surface area contributed by atoms with E-state index in [-0.39, 0.29) is 27.5 Å². The van der Waals surface area contributed by atoms with E-state index in [0.29, 0.717) is 17.3 Å². The monoisotopic (exact) mass is 561 g/mol. The molecular weight excluding hydrogens is 533 g/mol. The molecule has 7 nitrogen and oxygen atoms in total. The Kier molecular flexibility index (Phi) is 6.83. The molecule has 200 valence electrons. The van der Waals surface area contributed by atoms with E-state index in [1.165, 1.54) is 0 Å². The molecule has 4 aromatic rings. The second kappa shape index (κ2) is 10.3. The Bertz CT molecular complexity index is 1550. The van der Waals surface area contributed by atoms with Gasteiger partial charge in [-0.3, -0.25) is 9.78 Å². The average molecular weight is 563 g/mol. The van der Waals surface area contributed by atoms with E-state index in [2.05, 4.69) is 34.2 Å². The normalized spacial score (nSPS) is 17.3. The largest absolute Gasteiger partial charge is 0.505 e. The number of aromatic hydroxyl groups is 1. The molecule has 1 aliphatic heterocycles. The third-order valence-corrected chi connectivity index (χ3v) is 8.24. The molecule has 2 aromatic carbocycles. The predicted octanol–water partition coefficient (Wildman–Crippen LogP) is 6.79. The molecular formula is C30H29Cl2N5O2. The van der Waals surface area contributed by atoms with Gasteiger partial charge in [-0.2, -0.15) is 0 Å². The van der Waals surface area contributed by atoms with Gasteiger partial charge in [0.05, 0.1) is 38.7 Å². The summed E-state index contributed by atoms with van der Waals surface area (Å²) in [5.41, 5.74) is 4.41. The van der Waals surface area contributed by atoms with E-state index in [1.807, 2.05) is 36.5 Å². The zero-order chi connectivity index (χ0) is 27.3. The number of carbonyl (C=O) groups excluding carboxylic acids is 1. The highest BCUT2D eigenvalue weighted by Crippen LogP contribution is 2.40. The molecule has 0 radical (unpaired) electrons. The fourth-order valence-corrected chi connectivity index (χ4v) is 5.64. The number of rotatable bonds is 7. The van der Waals surface area contributed by atoms with Crippen LogP contribution in [0.1, 0.15) is 29.6 Å². The molecule has 1 saturated heterocycles. The fourth-order valence-electron chi connectivity index (χ4n) is 5.15. The zero-order valence-electron chi connectivity index (χ0n) is 21.8. The average Bonchev–Trinajstić information content (AvgIpc) is 3.67. The van der Waals surface area contributed by atoms with E-state index in [9.17, 15) is 9.90 Å². The van der Waals surface area contributed by atoms with Gasteiger partial charge >= 0.3 is 0 Å². The van der Waals surface area contributed by atoms with E-state index in [0.717, 1.165) is 65.9 Å². The first-order chi connectivity index (χ1) is 18.8. The molecule has 0 bridgehead atoms. The minimum atomic E-state index is -0.147. The number of phenols is 1. The summed E-state index contributed by atoms with van der Waals surface area (Å²) in [6.07, 6.45) is 6.41. The number of Topliss-reactive ketones (excluding diaryl/α,β-unsaturated/α-hetero) is 1. The van der Waals surface area contributed by atoms with Crippen LogP contribution < -0.4 is 10.2 Å². The van der Waals surface area contributed by atoms with E-state index in [1.54, 1.807) is 18.3 Å². The second-order valence-corrected chi connectivity index (χ2v) is 11.4. The smallest absolute Gasteiger partial charge is 0.169 e. The number of benzene rings is 2. The van der Waals surface area contributed by atoms with E-state index >= 15 is 0 Å². The fraction of sp³-hybridized carbons (Fsp3) is 0.300. The number of pyridine rings is 2. The lowest BCUT2D eigenvalue weighted by Gasteiger charge is -2.21. The summed E-state index contributed by atoms with van der Waals surface area (Å²) in [6.45, 7) is 1.93. The molecule has 2 aromatic heterocycles. The van der Waals surface area contributed by atoms with Crippen molar-refractivity contribution in [3.63, 3.8) is 0 Å². The summed E-state index contributed by atoms with van der Waals surface area (Å²) in [7, 11) is 4.23. The lowest BCUT2D eigenvalue weighted by atomic mass is 9.99. The van der Waals surface area contributed by atoms with Gasteiger partial charge in [0.1, 0.15) is 5.82 Å². The maximum Gasteiger partial charge on any atom is 0.169 e. The highest BCUT2D eigenvalue weighted by Gasteiger charge is 2.33. The standard InChI is InChI=1S/C30H29Cl2N5O2/c1-36(2)21-9-10-37(16-21)27-8-6-20(14-34-27)35-28-22-11-18(19-12-24(31)30(39)25(32)13-19)5-7-26(22)33-15-23(28)29(38)17-3-4-17/h5-8,11-15,17,21,39H,3-4,9-10,16H2,1-2H3,(H,33,35). The van der Waals surface area contributed by atoms with Crippen molar-refractivity contribution in [3.05, 3.63) is 70.5 Å². The lowest BCUT2D eigenvalue weighted by molar-refractivity contribution is 0.0968. The number of carbonyl (C=O) groups is 1. The van der Waals surface area contributed by atoms with Gasteiger partial charge in [-0.1, -0.05) is 29.3 Å². The van der Waals surface area contributed by atoms with Gasteiger partial charge in [0, 0.05) is 36.6 Å². The Morgan fingerprint density at radius 2 is 1.77 bits per heavy atom. The van der Waals surface area contributed by atoms with Crippen LogP contribution in [0.2, 0.25) is 10.0 Å². The van der Waals surface area contributed by atoms with Crippen molar-refractivity contribution in [2.24, 2.45) is 5.92 Å². The van der Waals surface area contributed by atoms with Crippen molar-refractivity contribution < 1.29 is 9.90 Å². The molecule has 1 saturated carbocycles. The van der Waals surface area contributed by atoms with Gasteiger partial charge in [-0.15, -0.1) is 0 Å². The Balaban J connectivity index is 1.38. The number of likely N-dealkylation sites (N-methyl/N-ethyl adjacent to an activating group) is 1. The molecule has 9 heteroatoms. The van der Waals surface area contributed by atoms with Gasteiger partial charge in [0.25, 0.3) is 0 Å². The summed E-state index contributed by atoms with van der Waals surface area (Å²) < 4.78 is 0. The molecule has 0 amide bonds. The van der Waals surface area contributed by atoms with Crippen molar-refractivity contribution in [3.8, 4) is 16.9 Å². The quantitative estimate of drug-likeness (QED) is 0.240. The second-order valence-electron chi connectivity index (χ2n) is 10.6. The first kappa shape index (κ1) is 25.9. The van der Waals surface area contributed by atoms with Crippen molar-refractivity contribution in [1.82, 2.24) is 14.9 Å². The molecule has 1 aliphatic carbocycles. The van der Waals surface area contributed by atoms with Crippen LogP contribution >= 0.6 is 23.2 Å². The predicted molar refractivity (Wildman–Crippen MR) is 158 cm³/mol. The summed E-state index contributed by atoms with van der Waals surface area (Å²) >= 11 is 12.4. The molecule has 2 aliphatic rings. The van der Waals surface area contributed by atoms with Crippen LogP contribution in [-0.2, 0) is 0 Å². The molecule has 0 spiro atoms. The highest BCUT2D eigenvalue weighted by molar-refractivity contribution is 6.37. The van der Waals surface area contributed by atoms with Gasteiger partial charge < -0.3 is 20.2 Å². The third kappa shape index (κ3) is 5.14. The number of anilines is 3. The summed E-state index contributed by atoms with van der Waals surface area (Å²) in [4.78, 5) is 27.2. The van der Waals surface area contributed by atoms with Crippen LogP contribution in [0.15, 0.2) is 54.9 Å². The van der Waals surface area contributed by atoms with Crippen LogP contribution in [0, 0.1) is 5.92 Å². The molecule has 3 heterocycles. The molecule has 2 N–H and O–H groups in total. The van der Waals surface area contributed by atoms with Gasteiger partial charge in [-0.25, -0.2) is 4.98 Å². The minimum Gasteiger partial charge on any atom is -0.505 e. The van der Waals surface area contributed by atoms with E-state index in [4.69, 9.17) is 28.2 Å². The van der Waals surface area contributed by atoms with E-state index < -0.39 is 0 Å². The molecule has 1 atom stereocenters. The first-order valence-corrected chi connectivity index (χ1v) is 13.8. The first-order valence-electron chi connectivity index (χ1n) is 13.1. The number of fused-ring (bicyclic) bond motifs is 1. The Morgan fingerprint density at radius 1 is 1.00 bits per heavy atom. The van der Waals surface area contributed by atoms with Gasteiger partial charge in [0.15, 0.2) is 11.5 Å². The lowest BCUT2D eigenvalue weighted by Crippen LogP contribution is -2.31. The summed E-state index contributed by atoms with van der Waals surface area (Å²) in [5, 5.41) is 14.6. The third-order valence-electron chi connectivity index (χ3n) is 7.67. The summed E-state index contributed by atoms with van der Waals surface area (Å²) in [6, 6.07) is 13.7. The molecule has 6 rings (SSSR count). The number of nitrogens with zero attached hydrogens (tertiary/aromatic N) is 4. The maximum atomic E-state index is 13.3. The number of hydrogen-bond donors (Lipinski definition) is 2. The van der Waals surface area contributed by atoms with Crippen LogP contribution in [0.5, 0.6) is 5.75 Å². The maximum absolute atomic E-state index is 13.3. The van der Waals surface area contributed by atoms with Crippen LogP contribution in [0.25, 0.3) is 22.0 Å². The molecule has 1 unspecified atom stereocenters. The topological polar surface area (TPSA) is 81.6 Å². The number of hydrogen-bond acceptors (Lipinski definition) is 7. The summed E-state index contributed by atoms with van der Waals surface area (Å²) in [5.74, 6) is 0.945. The van der Waals surface area contributed by atoms with Gasteiger partial charge in [-0.05, 0) is 80.9 Å².